The number of hydrogen-bond acceptors (Lipinski definition) is 3. The van der Waals surface area contributed by atoms with E-state index in [1.54, 1.807) is 7.11 Å². The molecule has 1 atom stereocenters. The number of carbonyl (C=O) groups excluding carboxylic acids is 1. The van der Waals surface area contributed by atoms with Crippen molar-refractivity contribution in [3.05, 3.63) is 35.4 Å². The van der Waals surface area contributed by atoms with Crippen molar-refractivity contribution in [2.75, 3.05) is 13.7 Å². The molecule has 20 heavy (non-hydrogen) atoms. The first-order chi connectivity index (χ1) is 9.34. The van der Waals surface area contributed by atoms with E-state index < -0.39 is 17.8 Å². The van der Waals surface area contributed by atoms with Gasteiger partial charge in [0, 0.05) is 20.1 Å². The van der Waals surface area contributed by atoms with E-state index in [4.69, 9.17) is 10.5 Å². The van der Waals surface area contributed by atoms with E-state index in [1.165, 1.54) is 12.1 Å². The maximum absolute atomic E-state index is 12.5. The van der Waals surface area contributed by atoms with Gasteiger partial charge in [0.1, 0.15) is 0 Å². The average Bonchev–Trinajstić information content (AvgIpc) is 2.38. The van der Waals surface area contributed by atoms with Crippen LogP contribution in [-0.2, 0) is 22.1 Å². The SMILES string of the molecule is COCCCC(N)C(=O)Cc1cccc(C(F)(F)F)c1. The second kappa shape index (κ2) is 7.40. The van der Waals surface area contributed by atoms with Crippen molar-refractivity contribution in [1.29, 1.82) is 0 Å². The summed E-state index contributed by atoms with van der Waals surface area (Å²) in [5.41, 5.74) is 5.27. The van der Waals surface area contributed by atoms with Crippen molar-refractivity contribution >= 4 is 5.78 Å². The van der Waals surface area contributed by atoms with Crippen LogP contribution in [0.2, 0.25) is 0 Å². The van der Waals surface area contributed by atoms with Gasteiger partial charge in [-0.3, -0.25) is 4.79 Å². The molecule has 0 saturated carbocycles. The van der Waals surface area contributed by atoms with Crippen LogP contribution in [0.3, 0.4) is 0 Å². The van der Waals surface area contributed by atoms with Crippen LogP contribution < -0.4 is 5.73 Å². The molecule has 1 aromatic rings. The fourth-order valence-electron chi connectivity index (χ4n) is 1.80. The number of nitrogens with two attached hydrogens (primary N) is 1. The fraction of sp³-hybridized carbons (Fsp3) is 0.500. The van der Waals surface area contributed by atoms with E-state index in [0.29, 0.717) is 25.0 Å². The number of alkyl halides is 3. The lowest BCUT2D eigenvalue weighted by Crippen LogP contribution is -2.32. The molecule has 112 valence electrons. The molecular weight excluding hydrogens is 271 g/mol. The van der Waals surface area contributed by atoms with Crippen LogP contribution in [0.4, 0.5) is 13.2 Å². The zero-order chi connectivity index (χ0) is 15.2. The standard InChI is InChI=1S/C14H18F3NO2/c1-20-7-3-6-12(18)13(19)9-10-4-2-5-11(8-10)14(15,16)17/h2,4-5,8,12H,3,6-7,9,18H2,1H3. The Bertz CT molecular complexity index is 446. The van der Waals surface area contributed by atoms with Crippen LogP contribution in [-0.4, -0.2) is 25.5 Å². The van der Waals surface area contributed by atoms with Gasteiger partial charge in [0.15, 0.2) is 5.78 Å². The Kier molecular flexibility index (Phi) is 6.16. The van der Waals surface area contributed by atoms with Crippen molar-refractivity contribution in [3.8, 4) is 0 Å². The number of halogens is 3. The Hall–Kier alpha value is -1.40. The summed E-state index contributed by atoms with van der Waals surface area (Å²) in [5.74, 6) is -0.263. The molecule has 1 rings (SSSR count). The summed E-state index contributed by atoms with van der Waals surface area (Å²) in [4.78, 5) is 11.8. The summed E-state index contributed by atoms with van der Waals surface area (Å²) in [7, 11) is 1.55. The highest BCUT2D eigenvalue weighted by molar-refractivity contribution is 5.85. The van der Waals surface area contributed by atoms with Crippen LogP contribution in [0.15, 0.2) is 24.3 Å². The van der Waals surface area contributed by atoms with Gasteiger partial charge in [0.25, 0.3) is 0 Å². The van der Waals surface area contributed by atoms with Gasteiger partial charge in [0.05, 0.1) is 11.6 Å². The highest BCUT2D eigenvalue weighted by Crippen LogP contribution is 2.29. The van der Waals surface area contributed by atoms with Gasteiger partial charge in [-0.05, 0) is 24.5 Å². The van der Waals surface area contributed by atoms with E-state index in [-0.39, 0.29) is 12.2 Å². The maximum Gasteiger partial charge on any atom is 0.416 e. The minimum Gasteiger partial charge on any atom is -0.385 e. The third-order valence-corrected chi connectivity index (χ3v) is 2.91. The molecule has 0 heterocycles. The van der Waals surface area contributed by atoms with Crippen LogP contribution in [0, 0.1) is 0 Å². The van der Waals surface area contributed by atoms with Gasteiger partial charge < -0.3 is 10.5 Å². The lowest BCUT2D eigenvalue weighted by atomic mass is 9.99. The van der Waals surface area contributed by atoms with Crippen LogP contribution in [0.25, 0.3) is 0 Å². The fourth-order valence-corrected chi connectivity index (χ4v) is 1.80. The summed E-state index contributed by atoms with van der Waals surface area (Å²) < 4.78 is 42.5. The zero-order valence-electron chi connectivity index (χ0n) is 11.2. The first-order valence-electron chi connectivity index (χ1n) is 6.28. The van der Waals surface area contributed by atoms with Crippen molar-refractivity contribution < 1.29 is 22.7 Å². The Labute approximate surface area is 115 Å². The molecule has 0 spiro atoms. The number of hydrogen-bond donors (Lipinski definition) is 1. The number of carbonyl (C=O) groups is 1. The summed E-state index contributed by atoms with van der Waals surface area (Å²) in [5, 5.41) is 0. The predicted molar refractivity (Wildman–Crippen MR) is 69.2 cm³/mol. The molecule has 6 heteroatoms. The van der Waals surface area contributed by atoms with Gasteiger partial charge in [-0.15, -0.1) is 0 Å². The van der Waals surface area contributed by atoms with Crippen molar-refractivity contribution in [2.24, 2.45) is 5.73 Å². The molecule has 0 amide bonds. The van der Waals surface area contributed by atoms with E-state index >= 15 is 0 Å². The first kappa shape index (κ1) is 16.7. The van der Waals surface area contributed by atoms with Crippen LogP contribution in [0.5, 0.6) is 0 Å². The molecule has 0 bridgehead atoms. The maximum atomic E-state index is 12.5. The molecule has 0 saturated heterocycles. The van der Waals surface area contributed by atoms with E-state index in [2.05, 4.69) is 0 Å². The van der Waals surface area contributed by atoms with Gasteiger partial charge >= 0.3 is 6.18 Å². The zero-order valence-corrected chi connectivity index (χ0v) is 11.2. The molecular formula is C14H18F3NO2. The lowest BCUT2D eigenvalue weighted by Gasteiger charge is -2.12. The first-order valence-corrected chi connectivity index (χ1v) is 6.28. The van der Waals surface area contributed by atoms with Gasteiger partial charge in [0.2, 0.25) is 0 Å². The monoisotopic (exact) mass is 289 g/mol. The van der Waals surface area contributed by atoms with E-state index in [1.807, 2.05) is 0 Å². The molecule has 0 aliphatic rings. The summed E-state index contributed by atoms with van der Waals surface area (Å²) in [6.07, 6.45) is -3.38. The van der Waals surface area contributed by atoms with E-state index in [9.17, 15) is 18.0 Å². The highest BCUT2D eigenvalue weighted by atomic mass is 19.4. The Morgan fingerprint density at radius 2 is 2.10 bits per heavy atom. The molecule has 1 aromatic carbocycles. The molecule has 3 nitrogen and oxygen atoms in total. The molecule has 2 N–H and O–H groups in total. The smallest absolute Gasteiger partial charge is 0.385 e. The molecule has 0 aliphatic carbocycles. The molecule has 0 radical (unpaired) electrons. The molecule has 0 aromatic heterocycles. The number of rotatable bonds is 7. The number of benzene rings is 1. The second-order valence-electron chi connectivity index (χ2n) is 4.58. The number of Topliss-reactive ketones (excluding diaryl/α,β-unsaturated/α-hetero) is 1. The number of methoxy groups -OCH3 is 1. The minimum absolute atomic E-state index is 0.0852. The Morgan fingerprint density at radius 1 is 1.40 bits per heavy atom. The number of ether oxygens (including phenoxy) is 1. The van der Waals surface area contributed by atoms with Crippen LogP contribution in [0.1, 0.15) is 24.0 Å². The van der Waals surface area contributed by atoms with Crippen molar-refractivity contribution in [3.63, 3.8) is 0 Å². The highest BCUT2D eigenvalue weighted by Gasteiger charge is 2.30. The summed E-state index contributed by atoms with van der Waals surface area (Å²) >= 11 is 0. The molecule has 1 unspecified atom stereocenters. The lowest BCUT2D eigenvalue weighted by molar-refractivity contribution is -0.137. The topological polar surface area (TPSA) is 52.3 Å². The van der Waals surface area contributed by atoms with Crippen molar-refractivity contribution in [2.45, 2.75) is 31.5 Å². The minimum atomic E-state index is -4.40. The third-order valence-electron chi connectivity index (χ3n) is 2.91. The quantitative estimate of drug-likeness (QED) is 0.785. The molecule has 0 aliphatic heterocycles. The summed E-state index contributed by atoms with van der Waals surface area (Å²) in [6, 6.07) is 4.09. The van der Waals surface area contributed by atoms with Gasteiger partial charge in [-0.25, -0.2) is 0 Å². The Morgan fingerprint density at radius 3 is 2.70 bits per heavy atom. The normalized spacial score (nSPS) is 13.2. The van der Waals surface area contributed by atoms with Gasteiger partial charge in [-0.1, -0.05) is 18.2 Å². The van der Waals surface area contributed by atoms with Crippen molar-refractivity contribution in [1.82, 2.24) is 0 Å². The van der Waals surface area contributed by atoms with E-state index in [0.717, 1.165) is 12.1 Å². The summed E-state index contributed by atoms with van der Waals surface area (Å²) in [6.45, 7) is 0.505. The average molecular weight is 289 g/mol. The second-order valence-corrected chi connectivity index (χ2v) is 4.58. The third kappa shape index (κ3) is 5.30. The largest absolute Gasteiger partial charge is 0.416 e. The molecule has 0 fully saturated rings. The Balaban J connectivity index is 2.62. The number of ketones is 1. The predicted octanol–water partition coefficient (Wildman–Crippen LogP) is 2.57. The van der Waals surface area contributed by atoms with Gasteiger partial charge in [-0.2, -0.15) is 13.2 Å². The van der Waals surface area contributed by atoms with Crippen LogP contribution >= 0.6 is 0 Å².